The molecule has 0 aliphatic heterocycles. The van der Waals surface area contributed by atoms with E-state index >= 15 is 0 Å². The van der Waals surface area contributed by atoms with Crippen LogP contribution in [0, 0.1) is 0 Å². The standard InChI is InChI=1S/C12H15BrClNO5S/c1-19-11(16)4-3-5-21(17,18)15-10-7-8(14)6-9(13)12(10)20-2/h6-7,15H,3-5H2,1-2H3. The van der Waals surface area contributed by atoms with Gasteiger partial charge in [-0.05, 0) is 34.5 Å². The van der Waals surface area contributed by atoms with Crippen molar-refractivity contribution >= 4 is 49.2 Å². The zero-order valence-corrected chi connectivity index (χ0v) is 14.6. The van der Waals surface area contributed by atoms with Crippen molar-refractivity contribution in [2.45, 2.75) is 12.8 Å². The maximum absolute atomic E-state index is 12.0. The van der Waals surface area contributed by atoms with Crippen molar-refractivity contribution in [2.24, 2.45) is 0 Å². The molecule has 9 heteroatoms. The molecule has 0 fully saturated rings. The second-order valence-corrected chi connectivity index (χ2v) is 7.20. The second-order valence-electron chi connectivity index (χ2n) is 4.07. The van der Waals surface area contributed by atoms with Gasteiger partial charge in [0.2, 0.25) is 10.0 Å². The van der Waals surface area contributed by atoms with Crippen LogP contribution in [0.15, 0.2) is 16.6 Å². The zero-order chi connectivity index (χ0) is 16.0. The molecule has 0 aliphatic rings. The Morgan fingerprint density at radius 3 is 2.62 bits per heavy atom. The number of benzene rings is 1. The van der Waals surface area contributed by atoms with Crippen molar-refractivity contribution in [3.8, 4) is 5.75 Å². The van der Waals surface area contributed by atoms with Gasteiger partial charge in [-0.3, -0.25) is 9.52 Å². The Hall–Kier alpha value is -0.990. The van der Waals surface area contributed by atoms with Crippen LogP contribution in [0.5, 0.6) is 5.75 Å². The fourth-order valence-corrected chi connectivity index (χ4v) is 3.66. The van der Waals surface area contributed by atoms with E-state index in [9.17, 15) is 13.2 Å². The van der Waals surface area contributed by atoms with Crippen molar-refractivity contribution in [3.05, 3.63) is 21.6 Å². The molecule has 0 spiro atoms. The largest absolute Gasteiger partial charge is 0.493 e. The highest BCUT2D eigenvalue weighted by Gasteiger charge is 2.17. The zero-order valence-electron chi connectivity index (χ0n) is 11.5. The van der Waals surface area contributed by atoms with Gasteiger partial charge in [-0.15, -0.1) is 0 Å². The molecular weight excluding hydrogens is 386 g/mol. The highest BCUT2D eigenvalue weighted by molar-refractivity contribution is 9.10. The van der Waals surface area contributed by atoms with E-state index in [-0.39, 0.29) is 24.3 Å². The number of nitrogens with one attached hydrogen (secondary N) is 1. The number of ether oxygens (including phenoxy) is 2. The molecule has 21 heavy (non-hydrogen) atoms. The van der Waals surface area contributed by atoms with Crippen LogP contribution in [0.4, 0.5) is 5.69 Å². The molecule has 0 saturated carbocycles. The highest BCUT2D eigenvalue weighted by Crippen LogP contribution is 2.36. The number of carbonyl (C=O) groups is 1. The lowest BCUT2D eigenvalue weighted by atomic mass is 10.3. The fraction of sp³-hybridized carbons (Fsp3) is 0.417. The topological polar surface area (TPSA) is 81.7 Å². The van der Waals surface area contributed by atoms with Gasteiger partial charge >= 0.3 is 5.97 Å². The molecule has 6 nitrogen and oxygen atoms in total. The van der Waals surface area contributed by atoms with Gasteiger partial charge in [0.25, 0.3) is 0 Å². The molecule has 1 aromatic carbocycles. The smallest absolute Gasteiger partial charge is 0.305 e. The van der Waals surface area contributed by atoms with Crippen LogP contribution in [-0.2, 0) is 19.6 Å². The molecule has 0 unspecified atom stereocenters. The third kappa shape index (κ3) is 5.72. The van der Waals surface area contributed by atoms with Crippen LogP contribution < -0.4 is 9.46 Å². The summed E-state index contributed by atoms with van der Waals surface area (Å²) >= 11 is 9.13. The van der Waals surface area contributed by atoms with Crippen molar-refractivity contribution in [1.82, 2.24) is 0 Å². The van der Waals surface area contributed by atoms with Gasteiger partial charge in [-0.2, -0.15) is 0 Å². The lowest BCUT2D eigenvalue weighted by molar-refractivity contribution is -0.140. The number of esters is 1. The molecule has 0 radical (unpaired) electrons. The Morgan fingerprint density at radius 2 is 2.05 bits per heavy atom. The number of hydrogen-bond donors (Lipinski definition) is 1. The first-order chi connectivity index (χ1) is 9.79. The van der Waals surface area contributed by atoms with Gasteiger partial charge in [0.15, 0.2) is 5.75 Å². The summed E-state index contributed by atoms with van der Waals surface area (Å²) in [7, 11) is -0.949. The van der Waals surface area contributed by atoms with Crippen LogP contribution >= 0.6 is 27.5 Å². The Kier molecular flexibility index (Phi) is 6.76. The summed E-state index contributed by atoms with van der Waals surface area (Å²) in [6.07, 6.45) is 0.194. The van der Waals surface area contributed by atoms with E-state index in [1.807, 2.05) is 0 Å². The number of hydrogen-bond acceptors (Lipinski definition) is 5. The average Bonchev–Trinajstić information content (AvgIpc) is 2.37. The predicted molar refractivity (Wildman–Crippen MR) is 84.4 cm³/mol. The van der Waals surface area contributed by atoms with Gasteiger partial charge in [-0.25, -0.2) is 8.42 Å². The summed E-state index contributed by atoms with van der Waals surface area (Å²) in [4.78, 5) is 11.0. The molecule has 0 aromatic heterocycles. The minimum Gasteiger partial charge on any atom is -0.493 e. The first-order valence-electron chi connectivity index (χ1n) is 5.89. The van der Waals surface area contributed by atoms with E-state index in [2.05, 4.69) is 25.4 Å². The normalized spacial score (nSPS) is 11.0. The number of anilines is 1. The molecule has 1 aromatic rings. The van der Waals surface area contributed by atoms with Gasteiger partial charge in [0, 0.05) is 11.4 Å². The quantitative estimate of drug-likeness (QED) is 0.712. The minimum atomic E-state index is -3.62. The SMILES string of the molecule is COC(=O)CCCS(=O)(=O)Nc1cc(Cl)cc(Br)c1OC. The van der Waals surface area contributed by atoms with Gasteiger partial charge in [0.1, 0.15) is 0 Å². The Morgan fingerprint density at radius 1 is 1.38 bits per heavy atom. The molecule has 118 valence electrons. The molecule has 0 atom stereocenters. The van der Waals surface area contributed by atoms with Crippen molar-refractivity contribution < 1.29 is 22.7 Å². The molecule has 0 bridgehead atoms. The summed E-state index contributed by atoms with van der Waals surface area (Å²) in [5, 5.41) is 0.356. The molecule has 0 amide bonds. The van der Waals surface area contributed by atoms with Crippen LogP contribution in [0.25, 0.3) is 0 Å². The van der Waals surface area contributed by atoms with Crippen molar-refractivity contribution in [2.75, 3.05) is 24.7 Å². The number of halogens is 2. The minimum absolute atomic E-state index is 0.0355. The van der Waals surface area contributed by atoms with Crippen LogP contribution in [0.1, 0.15) is 12.8 Å². The summed E-state index contributed by atoms with van der Waals surface area (Å²) in [6.45, 7) is 0. The summed E-state index contributed by atoms with van der Waals surface area (Å²) in [5.74, 6) is -0.334. The third-order valence-corrected chi connectivity index (χ3v) is 4.66. The first-order valence-corrected chi connectivity index (χ1v) is 8.71. The van der Waals surface area contributed by atoms with Crippen LogP contribution in [-0.4, -0.2) is 34.4 Å². The number of sulfonamides is 1. The Bertz CT molecular complexity index is 620. The maximum Gasteiger partial charge on any atom is 0.305 e. The van der Waals surface area contributed by atoms with E-state index in [4.69, 9.17) is 16.3 Å². The van der Waals surface area contributed by atoms with Crippen molar-refractivity contribution in [3.63, 3.8) is 0 Å². The van der Waals surface area contributed by atoms with E-state index in [0.717, 1.165) is 0 Å². The third-order valence-electron chi connectivity index (χ3n) is 2.50. The predicted octanol–water partition coefficient (Wildman–Crippen LogP) is 2.81. The molecule has 1 N–H and O–H groups in total. The summed E-state index contributed by atoms with van der Waals surface area (Å²) in [6, 6.07) is 3.04. The molecule has 0 aliphatic carbocycles. The van der Waals surface area contributed by atoms with Gasteiger partial charge < -0.3 is 9.47 Å². The lowest BCUT2D eigenvalue weighted by Gasteiger charge is -2.13. The first kappa shape index (κ1) is 18.1. The summed E-state index contributed by atoms with van der Waals surface area (Å²) in [5.41, 5.74) is 0.231. The number of carbonyl (C=O) groups excluding carboxylic acids is 1. The maximum atomic E-state index is 12.0. The highest BCUT2D eigenvalue weighted by atomic mass is 79.9. The Labute approximate surface area is 136 Å². The second kappa shape index (κ2) is 7.86. The van der Waals surface area contributed by atoms with Crippen LogP contribution in [0.2, 0.25) is 5.02 Å². The molecule has 0 heterocycles. The summed E-state index contributed by atoms with van der Waals surface area (Å²) < 4.78 is 36.5. The fourth-order valence-electron chi connectivity index (χ4n) is 1.57. The van der Waals surface area contributed by atoms with E-state index in [1.165, 1.54) is 20.3 Å². The van der Waals surface area contributed by atoms with Gasteiger partial charge in [-0.1, -0.05) is 11.6 Å². The van der Waals surface area contributed by atoms with E-state index in [1.54, 1.807) is 6.07 Å². The molecule has 1 rings (SSSR count). The van der Waals surface area contributed by atoms with E-state index in [0.29, 0.717) is 15.2 Å². The van der Waals surface area contributed by atoms with Crippen molar-refractivity contribution in [1.29, 1.82) is 0 Å². The number of methoxy groups -OCH3 is 2. The van der Waals surface area contributed by atoms with Gasteiger partial charge in [0.05, 0.1) is 30.1 Å². The number of rotatable bonds is 7. The average molecular weight is 401 g/mol. The monoisotopic (exact) mass is 399 g/mol. The molecule has 0 saturated heterocycles. The van der Waals surface area contributed by atoms with E-state index < -0.39 is 16.0 Å². The van der Waals surface area contributed by atoms with Crippen LogP contribution in [0.3, 0.4) is 0 Å². The molecular formula is C12H15BrClNO5S. The Balaban J connectivity index is 2.82. The lowest BCUT2D eigenvalue weighted by Crippen LogP contribution is -2.18.